The third kappa shape index (κ3) is 30.2. The van der Waals surface area contributed by atoms with E-state index < -0.39 is 15.6 Å². The van der Waals surface area contributed by atoms with Gasteiger partial charge in [-0.15, -0.1) is 0 Å². The molecule has 0 aromatic heterocycles. The summed E-state index contributed by atoms with van der Waals surface area (Å²) in [4.78, 5) is 0. The minimum absolute atomic E-state index is 0.115. The van der Waals surface area contributed by atoms with Gasteiger partial charge in [-0.2, -0.15) is 0 Å². The average molecular weight is 705 g/mol. The Bertz CT molecular complexity index is 900. The first-order valence-corrected chi connectivity index (χ1v) is 23.1. The van der Waals surface area contributed by atoms with Crippen molar-refractivity contribution in [1.82, 2.24) is 0 Å². The molecule has 1 heterocycles. The fourth-order valence-electron chi connectivity index (χ4n) is 6.70. The molecule has 5 heteroatoms. The second kappa shape index (κ2) is 32.7. The molecule has 0 bridgehead atoms. The van der Waals surface area contributed by atoms with Crippen LogP contribution in [-0.4, -0.2) is 38.9 Å². The van der Waals surface area contributed by atoms with Crippen LogP contribution in [0, 0.1) is 0 Å². The lowest BCUT2D eigenvalue weighted by Gasteiger charge is -2.42. The van der Waals surface area contributed by atoms with E-state index in [2.05, 4.69) is 62.5 Å². The second-order valence-electron chi connectivity index (χ2n) is 14.7. The summed E-state index contributed by atoms with van der Waals surface area (Å²) in [5, 5.41) is 0. The van der Waals surface area contributed by atoms with Gasteiger partial charge in [-0.25, -0.2) is 8.42 Å². The molecule has 0 aromatic carbocycles. The van der Waals surface area contributed by atoms with Crippen molar-refractivity contribution in [3.63, 3.8) is 0 Å². The van der Waals surface area contributed by atoms with E-state index in [1.165, 1.54) is 135 Å². The molecule has 0 aliphatic carbocycles. The molecule has 0 amide bonds. The van der Waals surface area contributed by atoms with Crippen LogP contribution < -0.4 is 0 Å². The largest absolute Gasteiger partial charge is 0.350 e. The summed E-state index contributed by atoms with van der Waals surface area (Å²) in [7, 11) is -2.93. The van der Waals surface area contributed by atoms with Gasteiger partial charge < -0.3 is 9.47 Å². The average Bonchev–Trinajstić information content (AvgIpc) is 3.07. The first kappa shape index (κ1) is 45.9. The quantitative estimate of drug-likeness (QED) is 0.0494. The topological polar surface area (TPSA) is 52.6 Å². The number of allylic oxidation sites excluding steroid dienone is 8. The van der Waals surface area contributed by atoms with Crippen molar-refractivity contribution in [1.29, 1.82) is 0 Å². The zero-order valence-corrected chi connectivity index (χ0v) is 33.5. The monoisotopic (exact) mass is 705 g/mol. The first-order valence-electron chi connectivity index (χ1n) is 21.0. The molecule has 49 heavy (non-hydrogen) atoms. The van der Waals surface area contributed by atoms with Crippen LogP contribution in [0.25, 0.3) is 0 Å². The predicted octanol–water partition coefficient (Wildman–Crippen LogP) is 13.7. The fraction of sp³-hybridized carbons (Fsp3) is 0.818. The molecule has 0 spiro atoms. The van der Waals surface area contributed by atoms with E-state index in [0.29, 0.717) is 6.42 Å². The van der Waals surface area contributed by atoms with Crippen LogP contribution in [-0.2, 0) is 19.3 Å². The highest BCUT2D eigenvalue weighted by atomic mass is 32.2. The van der Waals surface area contributed by atoms with E-state index in [0.717, 1.165) is 58.0 Å². The third-order valence-electron chi connectivity index (χ3n) is 9.74. The van der Waals surface area contributed by atoms with Crippen molar-refractivity contribution in [2.45, 2.75) is 212 Å². The van der Waals surface area contributed by atoms with Gasteiger partial charge in [0.2, 0.25) is 0 Å². The van der Waals surface area contributed by atoms with Gasteiger partial charge in [-0.3, -0.25) is 0 Å². The SMILES string of the molecule is CCCCC/C=C\C/C=C\CCCCCCCCC1(CCCCCCCC/C=C\C/C=C\CCCCC)OCCC(CCCS(C)(=O)=O)O1. The summed E-state index contributed by atoms with van der Waals surface area (Å²) in [6, 6.07) is 0. The van der Waals surface area contributed by atoms with E-state index >= 15 is 0 Å². The Morgan fingerprint density at radius 2 is 0.959 bits per heavy atom. The summed E-state index contributed by atoms with van der Waals surface area (Å²) in [6.07, 6.45) is 54.4. The Hall–Kier alpha value is -1.17. The van der Waals surface area contributed by atoms with Crippen molar-refractivity contribution in [2.75, 3.05) is 18.6 Å². The molecule has 0 saturated carbocycles. The molecule has 1 fully saturated rings. The predicted molar refractivity (Wildman–Crippen MR) is 215 cm³/mol. The minimum atomic E-state index is -2.93. The lowest BCUT2D eigenvalue weighted by atomic mass is 9.96. The van der Waals surface area contributed by atoms with Crippen LogP contribution >= 0.6 is 0 Å². The maximum absolute atomic E-state index is 11.7. The molecule has 1 saturated heterocycles. The van der Waals surface area contributed by atoms with Gasteiger partial charge in [0.1, 0.15) is 9.84 Å². The van der Waals surface area contributed by atoms with Crippen LogP contribution in [0.3, 0.4) is 0 Å². The van der Waals surface area contributed by atoms with Gasteiger partial charge in [0, 0.05) is 24.9 Å². The van der Waals surface area contributed by atoms with E-state index in [-0.39, 0.29) is 11.9 Å². The Morgan fingerprint density at radius 3 is 1.39 bits per heavy atom. The number of hydrogen-bond donors (Lipinski definition) is 0. The molecular weight excluding hydrogens is 625 g/mol. The second-order valence-corrected chi connectivity index (χ2v) is 17.0. The number of unbranched alkanes of at least 4 members (excludes halogenated alkanes) is 18. The van der Waals surface area contributed by atoms with E-state index in [1.807, 2.05) is 0 Å². The van der Waals surface area contributed by atoms with Crippen molar-refractivity contribution < 1.29 is 17.9 Å². The van der Waals surface area contributed by atoms with Crippen molar-refractivity contribution >= 4 is 9.84 Å². The number of hydrogen-bond acceptors (Lipinski definition) is 4. The van der Waals surface area contributed by atoms with Gasteiger partial charge in [0.25, 0.3) is 0 Å². The van der Waals surface area contributed by atoms with Crippen molar-refractivity contribution in [3.05, 3.63) is 48.6 Å². The van der Waals surface area contributed by atoms with Gasteiger partial charge in [-0.05, 0) is 96.3 Å². The smallest absolute Gasteiger partial charge is 0.168 e. The molecule has 0 radical (unpaired) electrons. The summed E-state index contributed by atoms with van der Waals surface area (Å²) in [5.74, 6) is -0.225. The summed E-state index contributed by atoms with van der Waals surface area (Å²) in [6.45, 7) is 5.25. The van der Waals surface area contributed by atoms with E-state index in [4.69, 9.17) is 9.47 Å². The van der Waals surface area contributed by atoms with Gasteiger partial charge in [0.15, 0.2) is 5.79 Å². The number of rotatable bonds is 34. The fourth-order valence-corrected chi connectivity index (χ4v) is 7.39. The summed E-state index contributed by atoms with van der Waals surface area (Å²) in [5.41, 5.74) is 0. The number of sulfone groups is 1. The highest BCUT2D eigenvalue weighted by molar-refractivity contribution is 7.90. The van der Waals surface area contributed by atoms with Crippen molar-refractivity contribution in [3.8, 4) is 0 Å². The molecule has 0 aromatic rings. The lowest BCUT2D eigenvalue weighted by molar-refractivity contribution is -0.301. The zero-order valence-electron chi connectivity index (χ0n) is 32.7. The van der Waals surface area contributed by atoms with Crippen LogP contribution in [0.1, 0.15) is 200 Å². The summed E-state index contributed by atoms with van der Waals surface area (Å²) < 4.78 is 36.5. The van der Waals surface area contributed by atoms with Crippen LogP contribution in [0.15, 0.2) is 48.6 Å². The Morgan fingerprint density at radius 1 is 0.551 bits per heavy atom. The van der Waals surface area contributed by atoms with Gasteiger partial charge in [0.05, 0.1) is 12.7 Å². The van der Waals surface area contributed by atoms with Crippen LogP contribution in [0.4, 0.5) is 0 Å². The molecular formula is C44H80O4S. The van der Waals surface area contributed by atoms with Crippen molar-refractivity contribution in [2.24, 2.45) is 0 Å². The number of ether oxygens (including phenoxy) is 2. The lowest BCUT2D eigenvalue weighted by Crippen LogP contribution is -2.45. The Labute approximate surface area is 306 Å². The Kier molecular flexibility index (Phi) is 30.6. The minimum Gasteiger partial charge on any atom is -0.350 e. The highest BCUT2D eigenvalue weighted by Crippen LogP contribution is 2.35. The molecule has 1 unspecified atom stereocenters. The molecule has 1 aliphatic rings. The molecule has 286 valence electrons. The molecule has 1 rings (SSSR count). The summed E-state index contributed by atoms with van der Waals surface area (Å²) >= 11 is 0. The normalized spacial score (nSPS) is 17.1. The zero-order chi connectivity index (χ0) is 35.6. The Balaban J connectivity index is 2.29. The van der Waals surface area contributed by atoms with Crippen LogP contribution in [0.5, 0.6) is 0 Å². The van der Waals surface area contributed by atoms with E-state index in [9.17, 15) is 8.42 Å². The first-order chi connectivity index (χ1) is 23.9. The highest BCUT2D eigenvalue weighted by Gasteiger charge is 2.37. The van der Waals surface area contributed by atoms with Gasteiger partial charge >= 0.3 is 0 Å². The molecule has 1 aliphatic heterocycles. The van der Waals surface area contributed by atoms with Gasteiger partial charge in [-0.1, -0.05) is 140 Å². The molecule has 1 atom stereocenters. The molecule has 4 nitrogen and oxygen atoms in total. The third-order valence-corrected chi connectivity index (χ3v) is 10.8. The maximum atomic E-state index is 11.7. The maximum Gasteiger partial charge on any atom is 0.168 e. The van der Waals surface area contributed by atoms with Crippen LogP contribution in [0.2, 0.25) is 0 Å². The standard InChI is InChI=1S/C44H80O4S/c1-4-6-8-10-12-14-16-18-20-22-24-26-28-30-32-34-39-44(47-41-38-43(48-44)37-36-42-49(3,45)46)40-35-33-31-29-27-25-23-21-19-17-15-13-11-9-7-5-2/h12-15,18-21,43H,4-11,16-17,22-42H2,1-3H3/b14-12-,15-13-,20-18-,21-19-. The molecule has 0 N–H and O–H groups in total. The van der Waals surface area contributed by atoms with E-state index in [1.54, 1.807) is 0 Å².